The van der Waals surface area contributed by atoms with E-state index in [1.807, 2.05) is 23.1 Å². The minimum Gasteiger partial charge on any atom is -0.493 e. The lowest BCUT2D eigenvalue weighted by Crippen LogP contribution is -2.48. The number of hydrogen-bond acceptors (Lipinski definition) is 8. The van der Waals surface area contributed by atoms with E-state index in [0.717, 1.165) is 21.9 Å². The largest absolute Gasteiger partial charge is 0.493 e. The van der Waals surface area contributed by atoms with Crippen molar-refractivity contribution in [2.45, 2.75) is 0 Å². The molecule has 9 nitrogen and oxygen atoms in total. The number of hydrogen-bond donors (Lipinski definition) is 0. The average Bonchev–Trinajstić information content (AvgIpc) is 3.45. The molecule has 0 spiro atoms. The van der Waals surface area contributed by atoms with Crippen LogP contribution in [0.2, 0.25) is 0 Å². The van der Waals surface area contributed by atoms with E-state index in [0.29, 0.717) is 55.3 Å². The van der Waals surface area contributed by atoms with Gasteiger partial charge >= 0.3 is 6.01 Å². The number of fused-ring (bicyclic) bond motifs is 1. The molecule has 0 bridgehead atoms. The Bertz CT molecular complexity index is 1410. The Labute approximate surface area is 214 Å². The zero-order valence-corrected chi connectivity index (χ0v) is 21.0. The van der Waals surface area contributed by atoms with Gasteiger partial charge in [-0.05, 0) is 40.6 Å². The molecule has 1 aliphatic rings. The molecule has 3 aromatic carbocycles. The van der Waals surface area contributed by atoms with Crippen molar-refractivity contribution in [3.63, 3.8) is 0 Å². The first-order chi connectivity index (χ1) is 18.1. The maximum absolute atomic E-state index is 12.8. The molecule has 0 unspecified atom stereocenters. The zero-order chi connectivity index (χ0) is 25.8. The van der Waals surface area contributed by atoms with Crippen LogP contribution in [0.15, 0.2) is 65.2 Å². The quantitative estimate of drug-likeness (QED) is 0.348. The number of nitrogens with zero attached hydrogens (tertiary/aromatic N) is 4. The second-order valence-corrected chi connectivity index (χ2v) is 8.57. The normalized spacial score (nSPS) is 13.8. The Hall–Kier alpha value is -4.53. The molecule has 37 heavy (non-hydrogen) atoms. The first-order valence-electron chi connectivity index (χ1n) is 11.9. The zero-order valence-electron chi connectivity index (χ0n) is 21.0. The van der Waals surface area contributed by atoms with Gasteiger partial charge in [0.05, 0.1) is 21.3 Å². The van der Waals surface area contributed by atoms with Crippen molar-refractivity contribution >= 4 is 28.8 Å². The molecule has 1 saturated heterocycles. The topological polar surface area (TPSA) is 90.2 Å². The van der Waals surface area contributed by atoms with Gasteiger partial charge < -0.3 is 28.5 Å². The number of aromatic nitrogens is 2. The van der Waals surface area contributed by atoms with Gasteiger partial charge in [0.2, 0.25) is 17.5 Å². The molecule has 1 aromatic heterocycles. The van der Waals surface area contributed by atoms with Crippen molar-refractivity contribution in [1.29, 1.82) is 0 Å². The molecular weight excluding hydrogens is 472 g/mol. The molecule has 1 aliphatic heterocycles. The van der Waals surface area contributed by atoms with Crippen LogP contribution in [0, 0.1) is 0 Å². The first kappa shape index (κ1) is 24.2. The minimum atomic E-state index is -0.0733. The summed E-state index contributed by atoms with van der Waals surface area (Å²) in [6.07, 6.45) is 3.30. The minimum absolute atomic E-state index is 0.0733. The van der Waals surface area contributed by atoms with Gasteiger partial charge in [-0.2, -0.15) is 4.98 Å². The Kier molecular flexibility index (Phi) is 6.93. The number of anilines is 1. The third kappa shape index (κ3) is 5.06. The van der Waals surface area contributed by atoms with E-state index in [2.05, 4.69) is 34.4 Å². The SMILES string of the molecule is COc1cc(/C=C/C(=O)N2CCN(c3nc(-c4ccc5ccccc5c4)no3)CC2)cc(OC)c1OC. The van der Waals surface area contributed by atoms with Crippen LogP contribution < -0.4 is 19.1 Å². The predicted octanol–water partition coefficient (Wildman–Crippen LogP) is 4.28. The van der Waals surface area contributed by atoms with Gasteiger partial charge in [0.15, 0.2) is 11.5 Å². The van der Waals surface area contributed by atoms with Crippen LogP contribution in [0.4, 0.5) is 6.01 Å². The summed E-state index contributed by atoms with van der Waals surface area (Å²) < 4.78 is 21.7. The van der Waals surface area contributed by atoms with Crippen LogP contribution in [0.3, 0.4) is 0 Å². The standard InChI is InChI=1S/C28H28N4O5/c1-34-23-16-19(17-24(35-2)26(23)36-3)8-11-25(33)31-12-14-32(15-13-31)28-29-27(30-37-28)22-10-9-20-6-4-5-7-21(20)18-22/h4-11,16-18H,12-15H2,1-3H3/b11-8+. The number of amides is 1. The van der Waals surface area contributed by atoms with Crippen LogP contribution in [0.25, 0.3) is 28.2 Å². The van der Waals surface area contributed by atoms with Crippen molar-refractivity contribution in [3.8, 4) is 28.6 Å². The van der Waals surface area contributed by atoms with E-state index in [1.165, 1.54) is 0 Å². The molecule has 190 valence electrons. The fraction of sp³-hybridized carbons (Fsp3) is 0.250. The summed E-state index contributed by atoms with van der Waals surface area (Å²) in [5.41, 5.74) is 1.67. The smallest absolute Gasteiger partial charge is 0.324 e. The Morgan fingerprint density at radius 2 is 1.59 bits per heavy atom. The monoisotopic (exact) mass is 500 g/mol. The van der Waals surface area contributed by atoms with Crippen molar-refractivity contribution < 1.29 is 23.5 Å². The third-order valence-corrected chi connectivity index (χ3v) is 6.39. The summed E-state index contributed by atoms with van der Waals surface area (Å²) in [6.45, 7) is 2.30. The second kappa shape index (κ2) is 10.6. The molecule has 1 amide bonds. The second-order valence-electron chi connectivity index (χ2n) is 8.57. The van der Waals surface area contributed by atoms with Gasteiger partial charge in [0, 0.05) is 37.8 Å². The molecule has 4 aromatic rings. The van der Waals surface area contributed by atoms with Crippen molar-refractivity contribution in [2.24, 2.45) is 0 Å². The van der Waals surface area contributed by atoms with Gasteiger partial charge in [-0.15, -0.1) is 0 Å². The lowest BCUT2D eigenvalue weighted by atomic mass is 10.1. The van der Waals surface area contributed by atoms with E-state index in [4.69, 9.17) is 18.7 Å². The Morgan fingerprint density at radius 3 is 2.27 bits per heavy atom. The molecule has 1 fully saturated rings. The highest BCUT2D eigenvalue weighted by atomic mass is 16.5. The van der Waals surface area contributed by atoms with Gasteiger partial charge in [0.1, 0.15) is 0 Å². The number of benzene rings is 3. The Morgan fingerprint density at radius 1 is 0.892 bits per heavy atom. The first-order valence-corrected chi connectivity index (χ1v) is 11.9. The highest BCUT2D eigenvalue weighted by molar-refractivity contribution is 5.92. The molecule has 0 aliphatic carbocycles. The maximum atomic E-state index is 12.8. The predicted molar refractivity (Wildman–Crippen MR) is 141 cm³/mol. The van der Waals surface area contributed by atoms with Crippen molar-refractivity contribution in [1.82, 2.24) is 15.0 Å². The molecule has 0 atom stereocenters. The summed E-state index contributed by atoms with van der Waals surface area (Å²) in [4.78, 5) is 21.2. The molecule has 0 radical (unpaired) electrons. The Balaban J connectivity index is 1.21. The molecule has 5 rings (SSSR count). The van der Waals surface area contributed by atoms with Gasteiger partial charge in [-0.25, -0.2) is 0 Å². The summed E-state index contributed by atoms with van der Waals surface area (Å²) >= 11 is 0. The number of ether oxygens (including phenoxy) is 3. The summed E-state index contributed by atoms with van der Waals surface area (Å²) in [6, 6.07) is 18.3. The lowest BCUT2D eigenvalue weighted by Gasteiger charge is -2.32. The van der Waals surface area contributed by atoms with Crippen LogP contribution in [-0.4, -0.2) is 68.5 Å². The maximum Gasteiger partial charge on any atom is 0.324 e. The van der Waals surface area contributed by atoms with E-state index < -0.39 is 0 Å². The highest BCUT2D eigenvalue weighted by Gasteiger charge is 2.24. The van der Waals surface area contributed by atoms with E-state index in [9.17, 15) is 4.79 Å². The summed E-state index contributed by atoms with van der Waals surface area (Å²) in [7, 11) is 4.67. The fourth-order valence-corrected chi connectivity index (χ4v) is 4.38. The number of methoxy groups -OCH3 is 3. The highest BCUT2D eigenvalue weighted by Crippen LogP contribution is 2.38. The number of piperazine rings is 1. The van der Waals surface area contributed by atoms with E-state index >= 15 is 0 Å². The number of rotatable bonds is 7. The number of carbonyl (C=O) groups is 1. The number of carbonyl (C=O) groups excluding carboxylic acids is 1. The van der Waals surface area contributed by atoms with Crippen molar-refractivity contribution in [3.05, 3.63) is 66.2 Å². The molecule has 0 N–H and O–H groups in total. The third-order valence-electron chi connectivity index (χ3n) is 6.39. The summed E-state index contributed by atoms with van der Waals surface area (Å²) in [5.74, 6) is 2.05. The van der Waals surface area contributed by atoms with Crippen LogP contribution in [0.5, 0.6) is 17.2 Å². The van der Waals surface area contributed by atoms with Gasteiger partial charge in [0.25, 0.3) is 0 Å². The molecule has 0 saturated carbocycles. The molecular formula is C28H28N4O5. The van der Waals surface area contributed by atoms with Crippen LogP contribution in [-0.2, 0) is 4.79 Å². The molecule has 2 heterocycles. The van der Waals surface area contributed by atoms with Gasteiger partial charge in [-0.3, -0.25) is 4.79 Å². The lowest BCUT2D eigenvalue weighted by molar-refractivity contribution is -0.126. The van der Waals surface area contributed by atoms with E-state index in [1.54, 1.807) is 50.5 Å². The van der Waals surface area contributed by atoms with Crippen molar-refractivity contribution in [2.75, 3.05) is 52.4 Å². The molecule has 9 heteroatoms. The van der Waals surface area contributed by atoms with Gasteiger partial charge in [-0.1, -0.05) is 41.6 Å². The fourth-order valence-electron chi connectivity index (χ4n) is 4.38. The average molecular weight is 501 g/mol. The van der Waals surface area contributed by atoms with E-state index in [-0.39, 0.29) is 5.91 Å². The van der Waals surface area contributed by atoms with Crippen LogP contribution in [0.1, 0.15) is 5.56 Å². The summed E-state index contributed by atoms with van der Waals surface area (Å²) in [5, 5.41) is 6.46. The van der Waals surface area contributed by atoms with Crippen LogP contribution >= 0.6 is 0 Å².